The molecule has 0 radical (unpaired) electrons. The van der Waals surface area contributed by atoms with E-state index in [0.29, 0.717) is 13.2 Å². The van der Waals surface area contributed by atoms with Gasteiger partial charge in [0.2, 0.25) is 0 Å². The first kappa shape index (κ1) is 12.9. The minimum absolute atomic E-state index is 0.112. The van der Waals surface area contributed by atoms with Crippen molar-refractivity contribution in [1.82, 2.24) is 4.90 Å². The average Bonchev–Trinajstić information content (AvgIpc) is 2.22. The predicted molar refractivity (Wildman–Crippen MR) is 58.7 cm³/mol. The van der Waals surface area contributed by atoms with Crippen LogP contribution in [0.5, 0.6) is 0 Å². The number of rotatable bonds is 6. The molecule has 4 heteroatoms. The highest BCUT2D eigenvalue weighted by atomic mass is 16.7. The predicted octanol–water partition coefficient (Wildman–Crippen LogP) is 0.842. The van der Waals surface area contributed by atoms with E-state index < -0.39 is 0 Å². The van der Waals surface area contributed by atoms with Crippen LogP contribution in [0.1, 0.15) is 26.7 Å². The van der Waals surface area contributed by atoms with Crippen LogP contribution in [0.4, 0.5) is 0 Å². The number of aliphatic hydroxyl groups is 1. The van der Waals surface area contributed by atoms with Crippen molar-refractivity contribution < 1.29 is 14.6 Å². The summed E-state index contributed by atoms with van der Waals surface area (Å²) in [5, 5.41) is 9.38. The first-order valence-electron chi connectivity index (χ1n) is 5.89. The van der Waals surface area contributed by atoms with Gasteiger partial charge in [-0.1, -0.05) is 0 Å². The van der Waals surface area contributed by atoms with Gasteiger partial charge in [0.1, 0.15) is 0 Å². The second-order valence-corrected chi connectivity index (χ2v) is 3.87. The summed E-state index contributed by atoms with van der Waals surface area (Å²) >= 11 is 0. The van der Waals surface area contributed by atoms with Gasteiger partial charge in [-0.3, -0.25) is 4.90 Å². The van der Waals surface area contributed by atoms with Crippen LogP contribution < -0.4 is 0 Å². The van der Waals surface area contributed by atoms with E-state index in [1.54, 1.807) is 0 Å². The number of piperidine rings is 1. The molecule has 1 aliphatic rings. The van der Waals surface area contributed by atoms with Crippen molar-refractivity contribution in [3.05, 3.63) is 0 Å². The third kappa shape index (κ3) is 4.93. The third-order valence-corrected chi connectivity index (χ3v) is 2.67. The molecule has 1 heterocycles. The molecule has 0 aromatic heterocycles. The number of ether oxygens (including phenoxy) is 2. The number of aliphatic hydroxyl groups excluding tert-OH is 1. The lowest BCUT2D eigenvalue weighted by Gasteiger charge is -2.32. The average molecular weight is 217 g/mol. The lowest BCUT2D eigenvalue weighted by atomic mass is 10.1. The zero-order chi connectivity index (χ0) is 11.1. The fourth-order valence-electron chi connectivity index (χ4n) is 1.84. The molecule has 0 aliphatic carbocycles. The van der Waals surface area contributed by atoms with E-state index in [1.165, 1.54) is 0 Å². The highest BCUT2D eigenvalue weighted by molar-refractivity contribution is 4.71. The maximum absolute atomic E-state index is 9.38. The van der Waals surface area contributed by atoms with Crippen molar-refractivity contribution in [2.45, 2.75) is 39.1 Å². The van der Waals surface area contributed by atoms with Crippen molar-refractivity contribution in [3.8, 4) is 0 Å². The van der Waals surface area contributed by atoms with Gasteiger partial charge >= 0.3 is 0 Å². The summed E-state index contributed by atoms with van der Waals surface area (Å²) in [5.74, 6) is 0. The van der Waals surface area contributed by atoms with E-state index in [2.05, 4.69) is 4.90 Å². The number of likely N-dealkylation sites (tertiary alicyclic amines) is 1. The van der Waals surface area contributed by atoms with Crippen LogP contribution in [0.15, 0.2) is 0 Å². The molecule has 0 amide bonds. The smallest absolute Gasteiger partial charge is 0.170 e. The number of nitrogens with zero attached hydrogens (tertiary/aromatic N) is 1. The maximum atomic E-state index is 9.38. The Hall–Kier alpha value is -0.160. The van der Waals surface area contributed by atoms with Gasteiger partial charge in [0.05, 0.1) is 6.10 Å². The Morgan fingerprint density at radius 1 is 1.20 bits per heavy atom. The van der Waals surface area contributed by atoms with E-state index in [0.717, 1.165) is 32.5 Å². The zero-order valence-corrected chi connectivity index (χ0v) is 9.82. The van der Waals surface area contributed by atoms with Gasteiger partial charge in [-0.2, -0.15) is 0 Å². The van der Waals surface area contributed by atoms with E-state index in [-0.39, 0.29) is 12.4 Å². The molecule has 1 saturated heterocycles. The molecule has 0 aromatic carbocycles. The van der Waals surface area contributed by atoms with E-state index in [1.807, 2.05) is 13.8 Å². The lowest BCUT2D eigenvalue weighted by Crippen LogP contribution is -2.41. The minimum atomic E-state index is -0.116. The minimum Gasteiger partial charge on any atom is -0.393 e. The van der Waals surface area contributed by atoms with Crippen LogP contribution in [-0.4, -0.2) is 55.2 Å². The first-order valence-corrected chi connectivity index (χ1v) is 5.89. The van der Waals surface area contributed by atoms with Crippen LogP contribution in [0.25, 0.3) is 0 Å². The van der Waals surface area contributed by atoms with E-state index in [4.69, 9.17) is 9.47 Å². The first-order chi connectivity index (χ1) is 7.26. The molecule has 4 nitrogen and oxygen atoms in total. The van der Waals surface area contributed by atoms with Crippen molar-refractivity contribution in [2.75, 3.05) is 32.8 Å². The summed E-state index contributed by atoms with van der Waals surface area (Å²) in [7, 11) is 0. The van der Waals surface area contributed by atoms with E-state index in [9.17, 15) is 5.11 Å². The molecular weight excluding hydrogens is 194 g/mol. The second kappa shape index (κ2) is 7.17. The largest absolute Gasteiger partial charge is 0.393 e. The monoisotopic (exact) mass is 217 g/mol. The Balaban J connectivity index is 2.24. The van der Waals surface area contributed by atoms with Crippen LogP contribution in [0.3, 0.4) is 0 Å². The van der Waals surface area contributed by atoms with Crippen molar-refractivity contribution in [1.29, 1.82) is 0 Å². The molecule has 0 saturated carbocycles. The number of hydrogen-bond acceptors (Lipinski definition) is 4. The molecular formula is C11H23NO3. The summed E-state index contributed by atoms with van der Waals surface area (Å²) in [4.78, 5) is 2.29. The topological polar surface area (TPSA) is 41.9 Å². The molecule has 0 atom stereocenters. The third-order valence-electron chi connectivity index (χ3n) is 2.67. The fourth-order valence-corrected chi connectivity index (χ4v) is 1.84. The molecule has 90 valence electrons. The lowest BCUT2D eigenvalue weighted by molar-refractivity contribution is -0.149. The molecule has 15 heavy (non-hydrogen) atoms. The van der Waals surface area contributed by atoms with Crippen LogP contribution in [0, 0.1) is 0 Å². The summed E-state index contributed by atoms with van der Waals surface area (Å²) in [6.45, 7) is 8.02. The van der Waals surface area contributed by atoms with Crippen molar-refractivity contribution in [2.24, 2.45) is 0 Å². The quantitative estimate of drug-likeness (QED) is 0.670. The van der Waals surface area contributed by atoms with Gasteiger partial charge < -0.3 is 14.6 Å². The Kier molecular flexibility index (Phi) is 6.17. The van der Waals surface area contributed by atoms with Gasteiger partial charge in [0, 0.05) is 32.8 Å². The Morgan fingerprint density at radius 3 is 2.20 bits per heavy atom. The summed E-state index contributed by atoms with van der Waals surface area (Å²) in [6, 6.07) is 0. The number of hydrogen-bond donors (Lipinski definition) is 1. The zero-order valence-electron chi connectivity index (χ0n) is 9.82. The maximum Gasteiger partial charge on any atom is 0.170 e. The summed E-state index contributed by atoms with van der Waals surface area (Å²) in [6.07, 6.45) is 1.50. The van der Waals surface area contributed by atoms with Gasteiger partial charge in [-0.05, 0) is 26.7 Å². The van der Waals surface area contributed by atoms with E-state index >= 15 is 0 Å². The van der Waals surface area contributed by atoms with Crippen molar-refractivity contribution >= 4 is 0 Å². The van der Waals surface area contributed by atoms with Gasteiger partial charge in [0.25, 0.3) is 0 Å². The van der Waals surface area contributed by atoms with Gasteiger partial charge in [-0.25, -0.2) is 0 Å². The Morgan fingerprint density at radius 2 is 1.73 bits per heavy atom. The molecule has 0 unspecified atom stereocenters. The van der Waals surface area contributed by atoms with Crippen molar-refractivity contribution in [3.63, 3.8) is 0 Å². The highest BCUT2D eigenvalue weighted by Gasteiger charge is 2.20. The van der Waals surface area contributed by atoms with Crippen LogP contribution >= 0.6 is 0 Å². The Labute approximate surface area is 92.2 Å². The molecule has 0 spiro atoms. The van der Waals surface area contributed by atoms with Gasteiger partial charge in [0.15, 0.2) is 6.29 Å². The molecule has 0 aromatic rings. The Bertz CT molecular complexity index is 152. The standard InChI is InChI=1S/C11H23NO3/c1-3-14-11(15-4-2)9-12-7-5-10(13)6-8-12/h10-11,13H,3-9H2,1-2H3. The van der Waals surface area contributed by atoms with Crippen LogP contribution in [-0.2, 0) is 9.47 Å². The van der Waals surface area contributed by atoms with Gasteiger partial charge in [-0.15, -0.1) is 0 Å². The summed E-state index contributed by atoms with van der Waals surface area (Å²) in [5.41, 5.74) is 0. The summed E-state index contributed by atoms with van der Waals surface area (Å²) < 4.78 is 11.0. The van der Waals surface area contributed by atoms with Crippen LogP contribution in [0.2, 0.25) is 0 Å². The molecule has 0 bridgehead atoms. The highest BCUT2D eigenvalue weighted by Crippen LogP contribution is 2.11. The normalized spacial score (nSPS) is 20.0. The fraction of sp³-hybridized carbons (Fsp3) is 1.00. The second-order valence-electron chi connectivity index (χ2n) is 3.87. The molecule has 1 aliphatic heterocycles. The molecule has 1 fully saturated rings. The SMILES string of the molecule is CCOC(CN1CCC(O)CC1)OCC. The molecule has 1 N–H and O–H groups in total. The molecule has 1 rings (SSSR count).